The number of hydrogen-bond acceptors (Lipinski definition) is 3. The topological polar surface area (TPSA) is 37.4 Å². The summed E-state index contributed by atoms with van der Waals surface area (Å²) in [5.41, 5.74) is 0.873. The fourth-order valence-electron chi connectivity index (χ4n) is 1.56. The third-order valence-corrected chi connectivity index (χ3v) is 4.28. The van der Waals surface area contributed by atoms with Gasteiger partial charge in [0.15, 0.2) is 9.84 Å². The standard InChI is InChI=1S/C10H11ClNO2S/c11-9-2-1-3-10(8-9)12-4-6-15(13,14)7-5-12/h1-2,8H,4-7H2. The van der Waals surface area contributed by atoms with Crippen molar-refractivity contribution in [2.45, 2.75) is 0 Å². The summed E-state index contributed by atoms with van der Waals surface area (Å²) in [6, 6.07) is 8.36. The molecule has 1 saturated heterocycles. The summed E-state index contributed by atoms with van der Waals surface area (Å²) in [6.07, 6.45) is 0. The number of benzene rings is 1. The van der Waals surface area contributed by atoms with Gasteiger partial charge in [-0.3, -0.25) is 0 Å². The molecule has 1 aromatic carbocycles. The van der Waals surface area contributed by atoms with Gasteiger partial charge in [-0.15, -0.1) is 0 Å². The Hall–Kier alpha value is -0.740. The van der Waals surface area contributed by atoms with Crippen molar-refractivity contribution in [2.24, 2.45) is 0 Å². The molecule has 0 amide bonds. The van der Waals surface area contributed by atoms with Crippen LogP contribution in [0.2, 0.25) is 5.02 Å². The lowest BCUT2D eigenvalue weighted by Crippen LogP contribution is -2.40. The lowest BCUT2D eigenvalue weighted by molar-refractivity contribution is 0.587. The number of halogens is 1. The lowest BCUT2D eigenvalue weighted by atomic mass is 10.3. The van der Waals surface area contributed by atoms with Crippen LogP contribution in [0.25, 0.3) is 0 Å². The minimum atomic E-state index is -2.82. The molecule has 0 atom stereocenters. The summed E-state index contributed by atoms with van der Waals surface area (Å²) in [4.78, 5) is 1.99. The molecule has 3 nitrogen and oxygen atoms in total. The summed E-state index contributed by atoms with van der Waals surface area (Å²) in [5.74, 6) is 0.431. The second-order valence-corrected chi connectivity index (χ2v) is 6.27. The van der Waals surface area contributed by atoms with E-state index in [1.54, 1.807) is 18.2 Å². The van der Waals surface area contributed by atoms with E-state index in [9.17, 15) is 8.42 Å². The normalized spacial score (nSPS) is 20.2. The van der Waals surface area contributed by atoms with Gasteiger partial charge in [-0.05, 0) is 12.1 Å². The largest absolute Gasteiger partial charge is 0.369 e. The van der Waals surface area contributed by atoms with Crippen LogP contribution >= 0.6 is 11.6 Å². The molecule has 0 aromatic heterocycles. The molecule has 81 valence electrons. The van der Waals surface area contributed by atoms with E-state index in [4.69, 9.17) is 11.6 Å². The van der Waals surface area contributed by atoms with Crippen molar-refractivity contribution in [3.05, 3.63) is 29.3 Å². The highest BCUT2D eigenvalue weighted by Gasteiger charge is 2.21. The maximum atomic E-state index is 11.2. The molecule has 1 aliphatic heterocycles. The molecule has 1 fully saturated rings. The van der Waals surface area contributed by atoms with Crippen molar-refractivity contribution in [1.29, 1.82) is 0 Å². The van der Waals surface area contributed by atoms with E-state index in [0.29, 0.717) is 18.1 Å². The molecule has 1 aliphatic rings. The molecule has 5 heteroatoms. The van der Waals surface area contributed by atoms with Crippen LogP contribution in [0.5, 0.6) is 0 Å². The Morgan fingerprint density at radius 1 is 1.33 bits per heavy atom. The van der Waals surface area contributed by atoms with E-state index in [2.05, 4.69) is 6.07 Å². The maximum absolute atomic E-state index is 11.2. The highest BCUT2D eigenvalue weighted by atomic mass is 35.5. The van der Waals surface area contributed by atoms with Crippen molar-refractivity contribution >= 4 is 27.1 Å². The maximum Gasteiger partial charge on any atom is 0.153 e. The fraction of sp³-hybridized carbons (Fsp3) is 0.400. The highest BCUT2D eigenvalue weighted by Crippen LogP contribution is 2.20. The average molecular weight is 245 g/mol. The van der Waals surface area contributed by atoms with Gasteiger partial charge in [0.25, 0.3) is 0 Å². The van der Waals surface area contributed by atoms with E-state index in [0.717, 1.165) is 5.69 Å². The van der Waals surface area contributed by atoms with Crippen LogP contribution in [0, 0.1) is 6.07 Å². The summed E-state index contributed by atoms with van der Waals surface area (Å²) in [6.45, 7) is 1.05. The van der Waals surface area contributed by atoms with Crippen LogP contribution in [0.15, 0.2) is 18.2 Å². The SMILES string of the molecule is O=S1(=O)CCN(c2[c]ccc(Cl)c2)CC1. The van der Waals surface area contributed by atoms with Gasteiger partial charge in [-0.1, -0.05) is 17.7 Å². The Labute approximate surface area is 94.6 Å². The van der Waals surface area contributed by atoms with Gasteiger partial charge in [-0.25, -0.2) is 8.42 Å². The first-order valence-electron chi connectivity index (χ1n) is 4.69. The first kappa shape index (κ1) is 10.8. The zero-order chi connectivity index (χ0) is 10.9. The molecular formula is C10H11ClNO2S. The van der Waals surface area contributed by atoms with Crippen LogP contribution in [-0.2, 0) is 9.84 Å². The predicted molar refractivity (Wildman–Crippen MR) is 61.2 cm³/mol. The molecule has 0 saturated carbocycles. The number of anilines is 1. The highest BCUT2D eigenvalue weighted by molar-refractivity contribution is 7.91. The molecular weight excluding hydrogens is 234 g/mol. The van der Waals surface area contributed by atoms with Crippen molar-refractivity contribution < 1.29 is 8.42 Å². The number of rotatable bonds is 1. The molecule has 1 aromatic rings. The van der Waals surface area contributed by atoms with Gasteiger partial charge >= 0.3 is 0 Å². The zero-order valence-corrected chi connectivity index (χ0v) is 9.68. The molecule has 1 heterocycles. The van der Waals surface area contributed by atoms with Crippen molar-refractivity contribution in [2.75, 3.05) is 29.5 Å². The second-order valence-electron chi connectivity index (χ2n) is 3.53. The molecule has 0 aliphatic carbocycles. The minimum absolute atomic E-state index is 0.216. The van der Waals surface area contributed by atoms with Gasteiger partial charge in [-0.2, -0.15) is 0 Å². The van der Waals surface area contributed by atoms with Gasteiger partial charge in [0.05, 0.1) is 11.5 Å². The molecule has 1 radical (unpaired) electrons. The Morgan fingerprint density at radius 2 is 2.00 bits per heavy atom. The molecule has 0 spiro atoms. The summed E-state index contributed by atoms with van der Waals surface area (Å²) in [5, 5.41) is 0.650. The van der Waals surface area contributed by atoms with Crippen LogP contribution in [0.4, 0.5) is 5.69 Å². The van der Waals surface area contributed by atoms with Crippen LogP contribution in [-0.4, -0.2) is 33.0 Å². The first-order chi connectivity index (χ1) is 7.07. The van der Waals surface area contributed by atoms with Crippen LogP contribution < -0.4 is 4.90 Å². The monoisotopic (exact) mass is 244 g/mol. The van der Waals surface area contributed by atoms with E-state index in [1.165, 1.54) is 0 Å². The van der Waals surface area contributed by atoms with E-state index >= 15 is 0 Å². The van der Waals surface area contributed by atoms with Crippen molar-refractivity contribution in [1.82, 2.24) is 0 Å². The van der Waals surface area contributed by atoms with E-state index in [-0.39, 0.29) is 11.5 Å². The van der Waals surface area contributed by atoms with Crippen molar-refractivity contribution in [3.63, 3.8) is 0 Å². The molecule has 15 heavy (non-hydrogen) atoms. The van der Waals surface area contributed by atoms with Crippen molar-refractivity contribution in [3.8, 4) is 0 Å². The van der Waals surface area contributed by atoms with Gasteiger partial charge in [0.2, 0.25) is 0 Å². The second kappa shape index (κ2) is 4.02. The predicted octanol–water partition coefficient (Wildman–Crippen LogP) is 1.37. The molecule has 0 bridgehead atoms. The van der Waals surface area contributed by atoms with Crippen LogP contribution in [0.1, 0.15) is 0 Å². The van der Waals surface area contributed by atoms with Gasteiger partial charge in [0, 0.05) is 29.9 Å². The lowest BCUT2D eigenvalue weighted by Gasteiger charge is -2.28. The van der Waals surface area contributed by atoms with Gasteiger partial charge in [0.1, 0.15) is 0 Å². The Balaban J connectivity index is 2.14. The summed E-state index contributed by atoms with van der Waals surface area (Å²) < 4.78 is 22.5. The number of nitrogens with zero attached hydrogens (tertiary/aromatic N) is 1. The molecule has 2 rings (SSSR count). The first-order valence-corrected chi connectivity index (χ1v) is 6.89. The average Bonchev–Trinajstić information content (AvgIpc) is 2.17. The third kappa shape index (κ3) is 2.63. The summed E-state index contributed by atoms with van der Waals surface area (Å²) >= 11 is 5.86. The Morgan fingerprint density at radius 3 is 2.60 bits per heavy atom. The smallest absolute Gasteiger partial charge is 0.153 e. The number of sulfone groups is 1. The van der Waals surface area contributed by atoms with Gasteiger partial charge < -0.3 is 4.90 Å². The Kier molecular flexibility index (Phi) is 2.89. The molecule has 0 N–H and O–H groups in total. The minimum Gasteiger partial charge on any atom is -0.369 e. The zero-order valence-electron chi connectivity index (χ0n) is 8.11. The Bertz CT molecular complexity index is 444. The third-order valence-electron chi connectivity index (χ3n) is 2.43. The van der Waals surface area contributed by atoms with Crippen LogP contribution in [0.3, 0.4) is 0 Å². The van der Waals surface area contributed by atoms with E-state index in [1.807, 2.05) is 4.90 Å². The molecule has 0 unspecified atom stereocenters. The van der Waals surface area contributed by atoms with E-state index < -0.39 is 9.84 Å². The summed E-state index contributed by atoms with van der Waals surface area (Å²) in [7, 11) is -2.82. The fourth-order valence-corrected chi connectivity index (χ4v) is 2.93. The number of hydrogen-bond donors (Lipinski definition) is 0. The quantitative estimate of drug-likeness (QED) is 0.749.